The van der Waals surface area contributed by atoms with Crippen LogP contribution in [0.4, 0.5) is 0 Å². The zero-order valence-electron chi connectivity index (χ0n) is 11.6. The molecule has 6 heteroatoms. The number of carbonyl (C=O) groups excluding carboxylic acids is 2. The maximum Gasteiger partial charge on any atom is 0.326 e. The summed E-state index contributed by atoms with van der Waals surface area (Å²) in [5.74, 6) is -1.96. The number of hydrogen-bond acceptors (Lipinski definition) is 4. The van der Waals surface area contributed by atoms with Crippen molar-refractivity contribution in [3.05, 3.63) is 0 Å². The largest absolute Gasteiger partial charge is 0.480 e. The van der Waals surface area contributed by atoms with E-state index < -0.39 is 12.0 Å². The molecular formula is C14H22N2O4. The first-order chi connectivity index (χ1) is 9.56. The number of carbonyl (C=O) groups is 3. The number of nitrogens with zero attached hydrogens (tertiary/aromatic N) is 1. The Morgan fingerprint density at radius 3 is 1.90 bits per heavy atom. The number of rotatable bonds is 8. The molecule has 2 saturated carbocycles. The Labute approximate surface area is 118 Å². The number of carboxylic acids is 1. The van der Waals surface area contributed by atoms with Gasteiger partial charge in [-0.05, 0) is 51.5 Å². The maximum absolute atomic E-state index is 12.3. The van der Waals surface area contributed by atoms with Gasteiger partial charge >= 0.3 is 5.97 Å². The van der Waals surface area contributed by atoms with Crippen LogP contribution in [-0.2, 0) is 14.4 Å². The third kappa shape index (κ3) is 3.56. The Morgan fingerprint density at radius 2 is 1.55 bits per heavy atom. The van der Waals surface area contributed by atoms with E-state index >= 15 is 0 Å². The molecule has 0 saturated heterocycles. The van der Waals surface area contributed by atoms with Crippen LogP contribution in [0.5, 0.6) is 0 Å². The molecule has 112 valence electrons. The van der Waals surface area contributed by atoms with Gasteiger partial charge in [0.1, 0.15) is 6.04 Å². The van der Waals surface area contributed by atoms with E-state index in [1.165, 1.54) is 0 Å². The van der Waals surface area contributed by atoms with E-state index in [2.05, 4.69) is 0 Å². The third-order valence-electron chi connectivity index (χ3n) is 3.86. The van der Waals surface area contributed by atoms with Gasteiger partial charge in [0.15, 0.2) is 0 Å². The van der Waals surface area contributed by atoms with Gasteiger partial charge in [0.2, 0.25) is 11.8 Å². The van der Waals surface area contributed by atoms with Crippen LogP contribution >= 0.6 is 0 Å². The fourth-order valence-corrected chi connectivity index (χ4v) is 2.31. The number of amides is 2. The summed E-state index contributed by atoms with van der Waals surface area (Å²) in [6.07, 6.45) is 4.67. The van der Waals surface area contributed by atoms with Crippen molar-refractivity contribution in [1.82, 2.24) is 4.90 Å². The van der Waals surface area contributed by atoms with Crippen molar-refractivity contribution in [2.75, 3.05) is 6.54 Å². The highest BCUT2D eigenvalue weighted by Gasteiger charge is 2.45. The lowest BCUT2D eigenvalue weighted by Crippen LogP contribution is -2.50. The quantitative estimate of drug-likeness (QED) is 0.505. The van der Waals surface area contributed by atoms with E-state index in [9.17, 15) is 19.5 Å². The van der Waals surface area contributed by atoms with Gasteiger partial charge in [-0.1, -0.05) is 0 Å². The van der Waals surface area contributed by atoms with E-state index in [-0.39, 0.29) is 23.7 Å². The maximum atomic E-state index is 12.3. The molecule has 0 aromatic heterocycles. The lowest BCUT2D eigenvalue weighted by molar-refractivity contribution is -0.159. The van der Waals surface area contributed by atoms with Crippen LogP contribution in [0.15, 0.2) is 0 Å². The van der Waals surface area contributed by atoms with E-state index in [0.29, 0.717) is 25.8 Å². The van der Waals surface area contributed by atoms with E-state index in [1.807, 2.05) is 0 Å². The molecule has 0 unspecified atom stereocenters. The molecule has 1 atom stereocenters. The molecule has 0 aliphatic heterocycles. The second kappa shape index (κ2) is 6.35. The van der Waals surface area contributed by atoms with Crippen molar-refractivity contribution in [3.8, 4) is 0 Å². The zero-order valence-corrected chi connectivity index (χ0v) is 11.6. The molecule has 0 aromatic carbocycles. The molecular weight excluding hydrogens is 260 g/mol. The Kier molecular flexibility index (Phi) is 4.75. The van der Waals surface area contributed by atoms with E-state index in [1.54, 1.807) is 0 Å². The number of unbranched alkanes of at least 4 members (excludes halogenated alkanes) is 1. The third-order valence-corrected chi connectivity index (χ3v) is 3.86. The number of imide groups is 1. The second-order valence-electron chi connectivity index (χ2n) is 5.73. The molecule has 20 heavy (non-hydrogen) atoms. The predicted octanol–water partition coefficient (Wildman–Crippen LogP) is 0.744. The standard InChI is InChI=1S/C14H22N2O4/c15-8-2-1-3-11(14(19)20)16(12(17)9-4-5-9)13(18)10-6-7-10/h9-11H,1-8,15H2,(H,19,20)/t11-/m0/s1. The Morgan fingerprint density at radius 1 is 1.05 bits per heavy atom. The van der Waals surface area contributed by atoms with Crippen LogP contribution in [0.1, 0.15) is 44.9 Å². The highest BCUT2D eigenvalue weighted by Crippen LogP contribution is 2.36. The summed E-state index contributed by atoms with van der Waals surface area (Å²) in [6.45, 7) is 0.486. The Hall–Kier alpha value is -1.43. The van der Waals surface area contributed by atoms with Crippen LogP contribution in [0.3, 0.4) is 0 Å². The lowest BCUT2D eigenvalue weighted by atomic mass is 10.1. The van der Waals surface area contributed by atoms with E-state index in [0.717, 1.165) is 30.6 Å². The van der Waals surface area contributed by atoms with Gasteiger partial charge in [0, 0.05) is 11.8 Å². The molecule has 6 nitrogen and oxygen atoms in total. The second-order valence-corrected chi connectivity index (χ2v) is 5.73. The van der Waals surface area contributed by atoms with Crippen LogP contribution in [-0.4, -0.2) is 40.4 Å². The van der Waals surface area contributed by atoms with Crippen molar-refractivity contribution in [2.45, 2.75) is 51.0 Å². The topological polar surface area (TPSA) is 101 Å². The molecule has 0 aromatic rings. The zero-order chi connectivity index (χ0) is 14.7. The smallest absolute Gasteiger partial charge is 0.326 e. The molecule has 2 rings (SSSR count). The molecule has 0 spiro atoms. The van der Waals surface area contributed by atoms with E-state index in [4.69, 9.17) is 5.73 Å². The van der Waals surface area contributed by atoms with Crippen LogP contribution in [0, 0.1) is 11.8 Å². The highest BCUT2D eigenvalue weighted by atomic mass is 16.4. The molecule has 2 aliphatic carbocycles. The van der Waals surface area contributed by atoms with Crippen LogP contribution < -0.4 is 5.73 Å². The fraction of sp³-hybridized carbons (Fsp3) is 0.786. The van der Waals surface area contributed by atoms with Crippen molar-refractivity contribution < 1.29 is 19.5 Å². The molecule has 2 fully saturated rings. The van der Waals surface area contributed by atoms with Gasteiger partial charge in [-0.2, -0.15) is 0 Å². The summed E-state index contributed by atoms with van der Waals surface area (Å²) in [6, 6.07) is -1.03. The van der Waals surface area contributed by atoms with Crippen LogP contribution in [0.25, 0.3) is 0 Å². The molecule has 0 heterocycles. The predicted molar refractivity (Wildman–Crippen MR) is 71.6 cm³/mol. The minimum absolute atomic E-state index is 0.144. The first-order valence-electron chi connectivity index (χ1n) is 7.36. The van der Waals surface area contributed by atoms with Crippen molar-refractivity contribution in [2.24, 2.45) is 17.6 Å². The van der Waals surface area contributed by atoms with Gasteiger partial charge in [0.25, 0.3) is 0 Å². The molecule has 3 N–H and O–H groups in total. The van der Waals surface area contributed by atoms with Gasteiger partial charge in [-0.3, -0.25) is 14.5 Å². The van der Waals surface area contributed by atoms with Gasteiger partial charge < -0.3 is 10.8 Å². The normalized spacial score (nSPS) is 19.4. The summed E-state index contributed by atoms with van der Waals surface area (Å²) in [4.78, 5) is 37.1. The molecule has 2 amide bonds. The van der Waals surface area contributed by atoms with Crippen molar-refractivity contribution >= 4 is 17.8 Å². The van der Waals surface area contributed by atoms with Crippen molar-refractivity contribution in [3.63, 3.8) is 0 Å². The first-order valence-corrected chi connectivity index (χ1v) is 7.36. The minimum atomic E-state index is -1.09. The Bertz CT molecular complexity index is 378. The lowest BCUT2D eigenvalue weighted by Gasteiger charge is -2.27. The highest BCUT2D eigenvalue weighted by molar-refractivity contribution is 6.02. The summed E-state index contributed by atoms with van der Waals surface area (Å²) in [7, 11) is 0. The monoisotopic (exact) mass is 282 g/mol. The summed E-state index contributed by atoms with van der Waals surface area (Å²) < 4.78 is 0. The average molecular weight is 282 g/mol. The summed E-state index contributed by atoms with van der Waals surface area (Å²) >= 11 is 0. The molecule has 0 radical (unpaired) electrons. The molecule has 0 bridgehead atoms. The van der Waals surface area contributed by atoms with Gasteiger partial charge in [0.05, 0.1) is 0 Å². The first kappa shape index (κ1) is 15.0. The number of aliphatic carboxylic acids is 1. The SMILES string of the molecule is NCCCC[C@@H](C(=O)O)N(C(=O)C1CC1)C(=O)C1CC1. The number of nitrogens with two attached hydrogens (primary N) is 1. The fourth-order valence-electron chi connectivity index (χ4n) is 2.31. The molecule has 2 aliphatic rings. The minimum Gasteiger partial charge on any atom is -0.480 e. The van der Waals surface area contributed by atoms with Gasteiger partial charge in [-0.25, -0.2) is 4.79 Å². The van der Waals surface area contributed by atoms with Crippen LogP contribution in [0.2, 0.25) is 0 Å². The number of carboxylic acid groups (broad SMARTS) is 1. The summed E-state index contributed by atoms with van der Waals surface area (Å²) in [5, 5.41) is 9.37. The average Bonchev–Trinajstić information content (AvgIpc) is 3.30. The van der Waals surface area contributed by atoms with Gasteiger partial charge in [-0.15, -0.1) is 0 Å². The Balaban J connectivity index is 2.09. The van der Waals surface area contributed by atoms with Crippen molar-refractivity contribution in [1.29, 1.82) is 0 Å². The summed E-state index contributed by atoms with van der Waals surface area (Å²) in [5.41, 5.74) is 5.41. The number of hydrogen-bond donors (Lipinski definition) is 2.